The number of nitrogens with zero attached hydrogens (tertiary/aromatic N) is 2. The Hall–Kier alpha value is -3.39. The van der Waals surface area contributed by atoms with E-state index < -0.39 is 11.7 Å². The number of hydrogen-bond donors (Lipinski definition) is 0. The summed E-state index contributed by atoms with van der Waals surface area (Å²) in [5.74, 6) is -2.07. The number of ketones is 1. The molecular formula is C31H33F3N2O3. The molecule has 2 aromatic carbocycles. The number of Topliss-reactive ketones (excluding diaryl/α,β-unsaturated/α-hetero) is 1. The molecule has 2 aliphatic heterocycles. The fourth-order valence-corrected chi connectivity index (χ4v) is 5.40. The van der Waals surface area contributed by atoms with E-state index in [0.29, 0.717) is 17.5 Å². The van der Waals surface area contributed by atoms with Crippen molar-refractivity contribution in [1.82, 2.24) is 9.88 Å². The number of rotatable bonds is 8. The molecule has 0 aliphatic carbocycles. The highest BCUT2D eigenvalue weighted by Gasteiger charge is 2.38. The highest BCUT2D eigenvalue weighted by atomic mass is 19.3. The van der Waals surface area contributed by atoms with Crippen molar-refractivity contribution < 1.29 is 27.4 Å². The third kappa shape index (κ3) is 6.11. The molecule has 0 N–H and O–H groups in total. The van der Waals surface area contributed by atoms with Gasteiger partial charge in [-0.3, -0.25) is 9.69 Å². The third-order valence-electron chi connectivity index (χ3n) is 7.79. The van der Waals surface area contributed by atoms with Crippen LogP contribution in [0.1, 0.15) is 55.0 Å². The summed E-state index contributed by atoms with van der Waals surface area (Å²) < 4.78 is 54.5. The Morgan fingerprint density at radius 3 is 2.74 bits per heavy atom. The van der Waals surface area contributed by atoms with Crippen molar-refractivity contribution in [3.63, 3.8) is 0 Å². The summed E-state index contributed by atoms with van der Waals surface area (Å²) in [7, 11) is 1.46. The number of carbonyl (C=O) groups is 1. The lowest BCUT2D eigenvalue weighted by molar-refractivity contribution is -0.120. The summed E-state index contributed by atoms with van der Waals surface area (Å²) in [5, 5.41) is 0. The number of hydrogen-bond acceptors (Lipinski definition) is 5. The molecule has 3 heterocycles. The van der Waals surface area contributed by atoms with Gasteiger partial charge in [0.2, 0.25) is 5.88 Å². The molecule has 2 aliphatic rings. The van der Waals surface area contributed by atoms with Gasteiger partial charge in [-0.2, -0.15) is 0 Å². The molecule has 0 saturated carbocycles. The van der Waals surface area contributed by atoms with Gasteiger partial charge in [-0.15, -0.1) is 0 Å². The fraction of sp³-hybridized carbons (Fsp3) is 0.419. The van der Waals surface area contributed by atoms with Gasteiger partial charge in [-0.05, 0) is 60.1 Å². The zero-order valence-corrected chi connectivity index (χ0v) is 22.5. The Kier molecular flexibility index (Phi) is 7.67. The van der Waals surface area contributed by atoms with Crippen molar-refractivity contribution in [3.05, 3.63) is 76.7 Å². The van der Waals surface area contributed by atoms with Crippen LogP contribution in [0.4, 0.5) is 13.2 Å². The smallest absolute Gasteiger partial charge is 0.261 e. The quantitative estimate of drug-likeness (QED) is 0.325. The number of aromatic nitrogens is 1. The molecule has 5 nitrogen and oxygen atoms in total. The van der Waals surface area contributed by atoms with Crippen LogP contribution in [0, 0.1) is 11.7 Å². The van der Waals surface area contributed by atoms with Crippen LogP contribution < -0.4 is 9.47 Å². The number of likely N-dealkylation sites (tertiary alicyclic amines) is 1. The minimum atomic E-state index is -2.73. The van der Waals surface area contributed by atoms with E-state index in [2.05, 4.69) is 17.1 Å². The summed E-state index contributed by atoms with van der Waals surface area (Å²) in [5.41, 5.74) is 4.75. The van der Waals surface area contributed by atoms with E-state index in [4.69, 9.17) is 9.47 Å². The van der Waals surface area contributed by atoms with Gasteiger partial charge < -0.3 is 9.47 Å². The van der Waals surface area contributed by atoms with Crippen LogP contribution in [0.3, 0.4) is 0 Å². The Bertz CT molecular complexity index is 1380. The second-order valence-corrected chi connectivity index (χ2v) is 10.7. The molecule has 2 unspecified atom stereocenters. The maximum absolute atomic E-state index is 14.9. The summed E-state index contributed by atoms with van der Waals surface area (Å²) >= 11 is 0. The number of carbonyl (C=O) groups excluding carboxylic acids is 1. The van der Waals surface area contributed by atoms with Crippen LogP contribution in [0.15, 0.2) is 48.7 Å². The van der Waals surface area contributed by atoms with Gasteiger partial charge in [0.1, 0.15) is 23.5 Å². The monoisotopic (exact) mass is 538 g/mol. The van der Waals surface area contributed by atoms with Crippen LogP contribution in [0.2, 0.25) is 0 Å². The van der Waals surface area contributed by atoms with Gasteiger partial charge in [0.05, 0.1) is 19.9 Å². The average Bonchev–Trinajstić information content (AvgIpc) is 3.26. The topological polar surface area (TPSA) is 51.7 Å². The molecule has 1 saturated heterocycles. The highest BCUT2D eigenvalue weighted by molar-refractivity contribution is 5.78. The summed E-state index contributed by atoms with van der Waals surface area (Å²) in [6, 6.07) is 13.4. The van der Waals surface area contributed by atoms with Gasteiger partial charge in [-0.25, -0.2) is 18.2 Å². The first kappa shape index (κ1) is 27.2. The lowest BCUT2D eigenvalue weighted by Crippen LogP contribution is -2.25. The lowest BCUT2D eigenvalue weighted by Gasteiger charge is -2.28. The number of benzene rings is 2. The van der Waals surface area contributed by atoms with E-state index in [9.17, 15) is 18.0 Å². The molecule has 0 amide bonds. The van der Waals surface area contributed by atoms with E-state index >= 15 is 0 Å². The van der Waals surface area contributed by atoms with Gasteiger partial charge in [0.25, 0.3) is 5.92 Å². The van der Waals surface area contributed by atoms with Gasteiger partial charge in [0.15, 0.2) is 0 Å². The third-order valence-corrected chi connectivity index (χ3v) is 7.79. The Balaban J connectivity index is 1.46. The Morgan fingerprint density at radius 2 is 2.03 bits per heavy atom. The summed E-state index contributed by atoms with van der Waals surface area (Å²) in [4.78, 5) is 17.4. The summed E-state index contributed by atoms with van der Waals surface area (Å²) in [6.07, 6.45) is 2.93. The van der Waals surface area contributed by atoms with Gasteiger partial charge in [-0.1, -0.05) is 37.3 Å². The van der Waals surface area contributed by atoms with Crippen molar-refractivity contribution >= 4 is 5.78 Å². The van der Waals surface area contributed by atoms with Crippen molar-refractivity contribution in [2.45, 2.75) is 58.1 Å². The molecule has 5 rings (SSSR count). The number of methoxy groups -OCH3 is 1. The first-order valence-corrected chi connectivity index (χ1v) is 13.3. The van der Waals surface area contributed by atoms with Crippen molar-refractivity contribution in [2.24, 2.45) is 5.92 Å². The second-order valence-electron chi connectivity index (χ2n) is 10.7. The minimum absolute atomic E-state index is 0.0669. The molecule has 206 valence electrons. The largest absolute Gasteiger partial charge is 0.485 e. The number of halogens is 3. The molecule has 3 aromatic rings. The van der Waals surface area contributed by atoms with Gasteiger partial charge in [0, 0.05) is 37.1 Å². The van der Waals surface area contributed by atoms with E-state index in [0.717, 1.165) is 47.0 Å². The first-order valence-electron chi connectivity index (χ1n) is 13.3. The number of pyridine rings is 1. The minimum Gasteiger partial charge on any atom is -0.485 e. The summed E-state index contributed by atoms with van der Waals surface area (Å²) in [6.45, 7) is 3.74. The van der Waals surface area contributed by atoms with E-state index in [1.54, 1.807) is 11.8 Å². The van der Waals surface area contributed by atoms with E-state index in [-0.39, 0.29) is 49.7 Å². The maximum Gasteiger partial charge on any atom is 0.261 e. The molecule has 0 spiro atoms. The number of alkyl halides is 2. The fourth-order valence-electron chi connectivity index (χ4n) is 5.40. The van der Waals surface area contributed by atoms with Crippen molar-refractivity contribution in [1.29, 1.82) is 0 Å². The molecule has 1 aromatic heterocycles. The molecule has 0 bridgehead atoms. The molecule has 8 heteroatoms. The van der Waals surface area contributed by atoms with Crippen molar-refractivity contribution in [3.8, 4) is 22.8 Å². The molecule has 1 fully saturated rings. The molecule has 0 radical (unpaired) electrons. The lowest BCUT2D eigenvalue weighted by atomic mass is 9.91. The normalized spacial score (nSPS) is 19.3. The Morgan fingerprint density at radius 1 is 1.21 bits per heavy atom. The van der Waals surface area contributed by atoms with Crippen LogP contribution in [0.5, 0.6) is 11.6 Å². The van der Waals surface area contributed by atoms with Crippen LogP contribution >= 0.6 is 0 Å². The van der Waals surface area contributed by atoms with Crippen LogP contribution in [0.25, 0.3) is 11.1 Å². The molecule has 39 heavy (non-hydrogen) atoms. The number of ether oxygens (including phenoxy) is 2. The predicted molar refractivity (Wildman–Crippen MR) is 143 cm³/mol. The number of fused-ring (bicyclic) bond motifs is 1. The maximum atomic E-state index is 14.9. The van der Waals surface area contributed by atoms with E-state index in [1.165, 1.54) is 13.2 Å². The Labute approximate surface area is 227 Å². The van der Waals surface area contributed by atoms with Crippen molar-refractivity contribution in [2.75, 3.05) is 20.2 Å². The average molecular weight is 539 g/mol. The standard InChI is InChI=1S/C31H33F3N2O3/c1-19(20(2)37)12-21-4-5-22-7-9-28(39-29(22)13-21)23-6-8-25(26-15-30(38-3)35-16-27(26)32)24(14-23)17-36-11-10-31(33,34)18-36/h4-6,8,13-16,19,28H,7,9-12,17-18H2,1-3H3. The highest BCUT2D eigenvalue weighted by Crippen LogP contribution is 2.39. The zero-order chi connectivity index (χ0) is 27.7. The molecular weight excluding hydrogens is 505 g/mol. The predicted octanol–water partition coefficient (Wildman–Crippen LogP) is 6.57. The van der Waals surface area contributed by atoms with Gasteiger partial charge >= 0.3 is 0 Å². The first-order chi connectivity index (χ1) is 18.6. The number of aryl methyl sites for hydroxylation is 1. The SMILES string of the molecule is COc1cc(-c2ccc(C3CCc4ccc(CC(C)C(C)=O)cc4O3)cc2CN2CCC(F)(F)C2)c(F)cn1. The van der Waals surface area contributed by atoms with Crippen LogP contribution in [-0.2, 0) is 24.2 Å². The molecule has 2 atom stereocenters. The van der Waals surface area contributed by atoms with E-state index in [1.807, 2.05) is 31.2 Å². The second kappa shape index (κ2) is 11.0. The van der Waals surface area contributed by atoms with Crippen LogP contribution in [-0.4, -0.2) is 41.8 Å². The zero-order valence-electron chi connectivity index (χ0n) is 22.5.